The van der Waals surface area contributed by atoms with Crippen molar-refractivity contribution in [2.24, 2.45) is 0 Å². The molecule has 0 bridgehead atoms. The first-order valence-corrected chi connectivity index (χ1v) is 7.47. The number of morpholine rings is 1. The van der Waals surface area contributed by atoms with Gasteiger partial charge in [-0.25, -0.2) is 0 Å². The van der Waals surface area contributed by atoms with Crippen molar-refractivity contribution in [2.45, 2.75) is 19.4 Å². The number of carbonyl (C=O) groups is 1. The van der Waals surface area contributed by atoms with E-state index in [1.165, 1.54) is 11.3 Å². The largest absolute Gasteiger partial charge is 0.379 e. The van der Waals surface area contributed by atoms with Crippen LogP contribution in [-0.4, -0.2) is 50.1 Å². The van der Waals surface area contributed by atoms with E-state index in [1.54, 1.807) is 0 Å². The molecule has 2 aliphatic heterocycles. The van der Waals surface area contributed by atoms with Gasteiger partial charge in [0.2, 0.25) is 0 Å². The third kappa shape index (κ3) is 3.38. The molecule has 0 saturated carbocycles. The van der Waals surface area contributed by atoms with E-state index in [4.69, 9.17) is 4.74 Å². The summed E-state index contributed by atoms with van der Waals surface area (Å²) in [7, 11) is 0. The molecule has 0 radical (unpaired) electrons. The number of hydrogen-bond acceptors (Lipinski definition) is 4. The second-order valence-corrected chi connectivity index (χ2v) is 5.58. The number of ketones is 1. The molecule has 0 aliphatic carbocycles. The number of anilines is 1. The van der Waals surface area contributed by atoms with Crippen LogP contribution in [0.5, 0.6) is 0 Å². The van der Waals surface area contributed by atoms with Crippen LogP contribution in [-0.2, 0) is 16.1 Å². The summed E-state index contributed by atoms with van der Waals surface area (Å²) in [6, 6.07) is 8.79. The van der Waals surface area contributed by atoms with Gasteiger partial charge in [0.25, 0.3) is 0 Å². The minimum atomic E-state index is 0.394. The van der Waals surface area contributed by atoms with Gasteiger partial charge in [0.15, 0.2) is 0 Å². The lowest BCUT2D eigenvalue weighted by molar-refractivity contribution is -0.119. The number of nitrogens with zero attached hydrogens (tertiary/aromatic N) is 2. The molecule has 2 saturated heterocycles. The molecule has 0 amide bonds. The first-order valence-electron chi connectivity index (χ1n) is 7.47. The highest BCUT2D eigenvalue weighted by Gasteiger charge is 2.16. The SMILES string of the molecule is O=C1CCN(c2ccc(CN3CCOCC3)cc2)CC1. The van der Waals surface area contributed by atoms with Gasteiger partial charge in [-0.2, -0.15) is 0 Å². The minimum Gasteiger partial charge on any atom is -0.379 e. The molecular weight excluding hydrogens is 252 g/mol. The summed E-state index contributed by atoms with van der Waals surface area (Å²) in [5.74, 6) is 0.394. The zero-order valence-corrected chi connectivity index (χ0v) is 11.9. The predicted molar refractivity (Wildman–Crippen MR) is 79.0 cm³/mol. The van der Waals surface area contributed by atoms with E-state index in [-0.39, 0.29) is 0 Å². The maximum atomic E-state index is 11.3. The van der Waals surface area contributed by atoms with E-state index >= 15 is 0 Å². The van der Waals surface area contributed by atoms with Gasteiger partial charge in [-0.3, -0.25) is 9.69 Å². The summed E-state index contributed by atoms with van der Waals surface area (Å²) in [5, 5.41) is 0. The fraction of sp³-hybridized carbons (Fsp3) is 0.562. The molecule has 2 aliphatic rings. The van der Waals surface area contributed by atoms with E-state index in [2.05, 4.69) is 34.1 Å². The van der Waals surface area contributed by atoms with Crippen molar-refractivity contribution in [3.8, 4) is 0 Å². The Balaban J connectivity index is 1.58. The van der Waals surface area contributed by atoms with E-state index in [9.17, 15) is 4.79 Å². The molecule has 0 spiro atoms. The van der Waals surface area contributed by atoms with Crippen LogP contribution in [0, 0.1) is 0 Å². The molecule has 108 valence electrons. The lowest BCUT2D eigenvalue weighted by Gasteiger charge is -2.29. The smallest absolute Gasteiger partial charge is 0.136 e. The molecule has 2 heterocycles. The molecule has 1 aromatic carbocycles. The molecular formula is C16H22N2O2. The highest BCUT2D eigenvalue weighted by atomic mass is 16.5. The zero-order chi connectivity index (χ0) is 13.8. The highest BCUT2D eigenvalue weighted by Crippen LogP contribution is 2.19. The Kier molecular flexibility index (Phi) is 4.33. The molecule has 2 fully saturated rings. The van der Waals surface area contributed by atoms with Crippen LogP contribution in [0.2, 0.25) is 0 Å². The molecule has 0 aromatic heterocycles. The second kappa shape index (κ2) is 6.37. The first-order chi connectivity index (χ1) is 9.81. The Labute approximate surface area is 120 Å². The van der Waals surface area contributed by atoms with Gasteiger partial charge in [-0.15, -0.1) is 0 Å². The van der Waals surface area contributed by atoms with Gasteiger partial charge >= 0.3 is 0 Å². The van der Waals surface area contributed by atoms with Crippen molar-refractivity contribution in [2.75, 3.05) is 44.3 Å². The summed E-state index contributed by atoms with van der Waals surface area (Å²) >= 11 is 0. The average molecular weight is 274 g/mol. The van der Waals surface area contributed by atoms with Gasteiger partial charge in [0.05, 0.1) is 13.2 Å². The predicted octanol–water partition coefficient (Wildman–Crippen LogP) is 1.69. The van der Waals surface area contributed by atoms with Crippen LogP contribution in [0.15, 0.2) is 24.3 Å². The molecule has 0 unspecified atom stereocenters. The molecule has 1 aromatic rings. The van der Waals surface area contributed by atoms with E-state index in [0.29, 0.717) is 18.6 Å². The van der Waals surface area contributed by atoms with Crippen LogP contribution < -0.4 is 4.90 Å². The van der Waals surface area contributed by atoms with Crippen LogP contribution >= 0.6 is 0 Å². The van der Waals surface area contributed by atoms with Crippen molar-refractivity contribution in [3.05, 3.63) is 29.8 Å². The number of Topliss-reactive ketones (excluding diaryl/α,β-unsaturated/α-hetero) is 1. The van der Waals surface area contributed by atoms with Crippen molar-refractivity contribution in [1.82, 2.24) is 4.90 Å². The summed E-state index contributed by atoms with van der Waals surface area (Å²) < 4.78 is 5.37. The first kappa shape index (κ1) is 13.6. The summed E-state index contributed by atoms with van der Waals surface area (Å²) in [5.41, 5.74) is 2.59. The Hall–Kier alpha value is -1.39. The van der Waals surface area contributed by atoms with Crippen LogP contribution in [0.3, 0.4) is 0 Å². The number of carbonyl (C=O) groups excluding carboxylic acids is 1. The normalized spacial score (nSPS) is 21.2. The highest BCUT2D eigenvalue weighted by molar-refractivity contribution is 5.81. The van der Waals surface area contributed by atoms with Crippen molar-refractivity contribution in [3.63, 3.8) is 0 Å². The Morgan fingerprint density at radius 3 is 2.25 bits per heavy atom. The number of ether oxygens (including phenoxy) is 1. The summed E-state index contributed by atoms with van der Waals surface area (Å²) in [6.45, 7) is 6.47. The topological polar surface area (TPSA) is 32.8 Å². The third-order valence-corrected chi connectivity index (χ3v) is 4.13. The monoisotopic (exact) mass is 274 g/mol. The van der Waals surface area contributed by atoms with Crippen molar-refractivity contribution >= 4 is 11.5 Å². The van der Waals surface area contributed by atoms with Gasteiger partial charge in [-0.05, 0) is 17.7 Å². The molecule has 0 N–H and O–H groups in total. The molecule has 0 atom stereocenters. The summed E-state index contributed by atoms with van der Waals surface area (Å²) in [4.78, 5) is 16.0. The molecule has 4 nitrogen and oxygen atoms in total. The van der Waals surface area contributed by atoms with Crippen LogP contribution in [0.1, 0.15) is 18.4 Å². The van der Waals surface area contributed by atoms with Gasteiger partial charge in [-0.1, -0.05) is 12.1 Å². The standard InChI is InChI=1S/C16H22N2O2/c19-16-5-7-18(8-6-16)15-3-1-14(2-4-15)13-17-9-11-20-12-10-17/h1-4H,5-13H2. The van der Waals surface area contributed by atoms with Crippen LogP contribution in [0.25, 0.3) is 0 Å². The Morgan fingerprint density at radius 1 is 0.950 bits per heavy atom. The van der Waals surface area contributed by atoms with Gasteiger partial charge in [0, 0.05) is 51.3 Å². The molecule has 3 rings (SSSR count). The third-order valence-electron chi connectivity index (χ3n) is 4.13. The lowest BCUT2D eigenvalue weighted by Crippen LogP contribution is -2.35. The van der Waals surface area contributed by atoms with E-state index in [0.717, 1.165) is 45.9 Å². The number of rotatable bonds is 3. The van der Waals surface area contributed by atoms with E-state index < -0.39 is 0 Å². The lowest BCUT2D eigenvalue weighted by atomic mass is 10.1. The van der Waals surface area contributed by atoms with Gasteiger partial charge < -0.3 is 9.64 Å². The Bertz CT molecular complexity index is 442. The maximum Gasteiger partial charge on any atom is 0.136 e. The number of hydrogen-bond donors (Lipinski definition) is 0. The van der Waals surface area contributed by atoms with Gasteiger partial charge in [0.1, 0.15) is 5.78 Å². The number of benzene rings is 1. The second-order valence-electron chi connectivity index (χ2n) is 5.58. The minimum absolute atomic E-state index is 0.394. The molecule has 4 heteroatoms. The average Bonchev–Trinajstić information content (AvgIpc) is 2.50. The fourth-order valence-corrected chi connectivity index (χ4v) is 2.84. The molecule has 20 heavy (non-hydrogen) atoms. The Morgan fingerprint density at radius 2 is 1.60 bits per heavy atom. The number of piperidine rings is 1. The zero-order valence-electron chi connectivity index (χ0n) is 11.9. The van der Waals surface area contributed by atoms with Crippen molar-refractivity contribution < 1.29 is 9.53 Å². The van der Waals surface area contributed by atoms with Crippen molar-refractivity contribution in [1.29, 1.82) is 0 Å². The maximum absolute atomic E-state index is 11.3. The van der Waals surface area contributed by atoms with E-state index in [1.807, 2.05) is 0 Å². The summed E-state index contributed by atoms with van der Waals surface area (Å²) in [6.07, 6.45) is 1.38. The quantitative estimate of drug-likeness (QED) is 0.840. The fourth-order valence-electron chi connectivity index (χ4n) is 2.84. The van der Waals surface area contributed by atoms with Crippen LogP contribution in [0.4, 0.5) is 5.69 Å².